The number of rotatable bonds is 4. The lowest BCUT2D eigenvalue weighted by atomic mass is 10.0. The Balaban J connectivity index is 2.04. The molecule has 1 heterocycles. The van der Waals surface area contributed by atoms with Gasteiger partial charge in [-0.2, -0.15) is 0 Å². The molecule has 21 heavy (non-hydrogen) atoms. The van der Waals surface area contributed by atoms with Crippen LogP contribution in [-0.4, -0.2) is 35.8 Å². The summed E-state index contributed by atoms with van der Waals surface area (Å²) < 4.78 is 18.7. The number of halogens is 1. The highest BCUT2D eigenvalue weighted by Gasteiger charge is 2.23. The number of nitrogens with zero attached hydrogens (tertiary/aromatic N) is 1. The van der Waals surface area contributed by atoms with Gasteiger partial charge in [0.2, 0.25) is 0 Å². The molecule has 0 bridgehead atoms. The maximum Gasteiger partial charge on any atom is 0.260 e. The minimum absolute atomic E-state index is 0.124. The van der Waals surface area contributed by atoms with E-state index in [1.165, 1.54) is 19.1 Å². The number of carbonyl (C=O) groups is 2. The van der Waals surface area contributed by atoms with Crippen LogP contribution in [0.25, 0.3) is 0 Å². The summed E-state index contributed by atoms with van der Waals surface area (Å²) in [5.74, 6) is -0.709. The zero-order chi connectivity index (χ0) is 15.4. The van der Waals surface area contributed by atoms with Crippen LogP contribution >= 0.6 is 0 Å². The van der Waals surface area contributed by atoms with Gasteiger partial charge < -0.3 is 9.64 Å². The van der Waals surface area contributed by atoms with Gasteiger partial charge in [0.15, 0.2) is 12.4 Å². The Morgan fingerprint density at radius 3 is 2.81 bits per heavy atom. The molecule has 0 spiro atoms. The summed E-state index contributed by atoms with van der Waals surface area (Å²) in [6.45, 7) is 3.95. The number of amides is 1. The van der Waals surface area contributed by atoms with Crippen LogP contribution < -0.4 is 4.74 Å². The van der Waals surface area contributed by atoms with E-state index in [4.69, 9.17) is 4.74 Å². The van der Waals surface area contributed by atoms with E-state index in [0.717, 1.165) is 31.9 Å². The molecule has 2 rings (SSSR count). The fourth-order valence-corrected chi connectivity index (χ4v) is 2.60. The second-order valence-electron chi connectivity index (χ2n) is 5.42. The maximum atomic E-state index is 13.3. The van der Waals surface area contributed by atoms with E-state index in [1.807, 2.05) is 6.92 Å². The molecular formula is C16H20FNO3. The Bertz CT molecular complexity index is 544. The number of benzene rings is 1. The molecule has 1 fully saturated rings. The van der Waals surface area contributed by atoms with Crippen LogP contribution in [0.3, 0.4) is 0 Å². The van der Waals surface area contributed by atoms with Crippen molar-refractivity contribution in [2.45, 2.75) is 39.2 Å². The van der Waals surface area contributed by atoms with Crippen molar-refractivity contribution < 1.29 is 18.7 Å². The summed E-state index contributed by atoms with van der Waals surface area (Å²) in [5.41, 5.74) is 0.288. The van der Waals surface area contributed by atoms with E-state index in [1.54, 1.807) is 4.90 Å². The molecule has 1 unspecified atom stereocenters. The molecule has 0 aliphatic carbocycles. The monoisotopic (exact) mass is 293 g/mol. The highest BCUT2D eigenvalue weighted by Crippen LogP contribution is 2.21. The van der Waals surface area contributed by atoms with Crippen molar-refractivity contribution >= 4 is 11.7 Å². The zero-order valence-corrected chi connectivity index (χ0v) is 12.4. The summed E-state index contributed by atoms with van der Waals surface area (Å²) >= 11 is 0. The van der Waals surface area contributed by atoms with Crippen molar-refractivity contribution in [2.75, 3.05) is 13.2 Å². The highest BCUT2D eigenvalue weighted by atomic mass is 19.1. The first kappa shape index (κ1) is 15.5. The lowest BCUT2D eigenvalue weighted by Gasteiger charge is -2.33. The normalized spacial score (nSPS) is 18.4. The van der Waals surface area contributed by atoms with E-state index in [0.29, 0.717) is 0 Å². The maximum absolute atomic E-state index is 13.3. The van der Waals surface area contributed by atoms with E-state index in [-0.39, 0.29) is 35.7 Å². The van der Waals surface area contributed by atoms with Crippen molar-refractivity contribution in [1.29, 1.82) is 0 Å². The SMILES string of the molecule is CC(=O)c1ccc(F)cc1OCC(=O)N1CCCCC1C. The number of ether oxygens (including phenoxy) is 1. The second-order valence-corrected chi connectivity index (χ2v) is 5.42. The molecule has 1 aliphatic rings. The van der Waals surface area contributed by atoms with Gasteiger partial charge in [-0.1, -0.05) is 0 Å². The van der Waals surface area contributed by atoms with Crippen LogP contribution in [0.4, 0.5) is 4.39 Å². The van der Waals surface area contributed by atoms with Gasteiger partial charge in [-0.3, -0.25) is 9.59 Å². The lowest BCUT2D eigenvalue weighted by Crippen LogP contribution is -2.44. The Labute approximate surface area is 123 Å². The molecule has 0 aromatic heterocycles. The minimum atomic E-state index is -0.492. The van der Waals surface area contributed by atoms with Crippen LogP contribution in [0.5, 0.6) is 5.75 Å². The highest BCUT2D eigenvalue weighted by molar-refractivity contribution is 5.96. The second kappa shape index (κ2) is 6.70. The van der Waals surface area contributed by atoms with Crippen molar-refractivity contribution in [2.24, 2.45) is 0 Å². The summed E-state index contributed by atoms with van der Waals surface area (Å²) in [6.07, 6.45) is 3.11. The van der Waals surface area contributed by atoms with Gasteiger partial charge in [0, 0.05) is 18.7 Å². The quantitative estimate of drug-likeness (QED) is 0.802. The van der Waals surface area contributed by atoms with Gasteiger partial charge >= 0.3 is 0 Å². The van der Waals surface area contributed by atoms with Crippen LogP contribution in [0.15, 0.2) is 18.2 Å². The van der Waals surface area contributed by atoms with Crippen molar-refractivity contribution in [3.63, 3.8) is 0 Å². The zero-order valence-electron chi connectivity index (χ0n) is 12.4. The van der Waals surface area contributed by atoms with E-state index >= 15 is 0 Å². The molecule has 0 radical (unpaired) electrons. The molecule has 1 aromatic rings. The number of carbonyl (C=O) groups excluding carboxylic acids is 2. The van der Waals surface area contributed by atoms with Crippen molar-refractivity contribution in [3.05, 3.63) is 29.6 Å². The third kappa shape index (κ3) is 3.80. The average molecular weight is 293 g/mol. The molecule has 1 aliphatic heterocycles. The number of hydrogen-bond acceptors (Lipinski definition) is 3. The van der Waals surface area contributed by atoms with Crippen LogP contribution in [-0.2, 0) is 4.79 Å². The van der Waals surface area contributed by atoms with E-state index < -0.39 is 5.82 Å². The smallest absolute Gasteiger partial charge is 0.260 e. The molecule has 1 amide bonds. The Morgan fingerprint density at radius 1 is 1.38 bits per heavy atom. The Hall–Kier alpha value is -1.91. The molecule has 114 valence electrons. The van der Waals surface area contributed by atoms with Gasteiger partial charge in [0.25, 0.3) is 5.91 Å². The predicted molar refractivity (Wildman–Crippen MR) is 76.9 cm³/mol. The van der Waals surface area contributed by atoms with Crippen LogP contribution in [0, 0.1) is 5.82 Å². The Morgan fingerprint density at radius 2 is 2.14 bits per heavy atom. The van der Waals surface area contributed by atoms with Gasteiger partial charge in [0.05, 0.1) is 5.56 Å². The van der Waals surface area contributed by atoms with Crippen molar-refractivity contribution in [1.82, 2.24) is 4.90 Å². The largest absolute Gasteiger partial charge is 0.483 e. The molecule has 1 aromatic carbocycles. The minimum Gasteiger partial charge on any atom is -0.483 e. The molecular weight excluding hydrogens is 273 g/mol. The average Bonchev–Trinajstić information content (AvgIpc) is 2.45. The number of piperidine rings is 1. The number of Topliss-reactive ketones (excluding diaryl/α,β-unsaturated/α-hetero) is 1. The van der Waals surface area contributed by atoms with Gasteiger partial charge in [-0.25, -0.2) is 4.39 Å². The van der Waals surface area contributed by atoms with E-state index in [9.17, 15) is 14.0 Å². The predicted octanol–water partition coefficient (Wildman–Crippen LogP) is 2.81. The van der Waals surface area contributed by atoms with Crippen LogP contribution in [0.2, 0.25) is 0 Å². The fraction of sp³-hybridized carbons (Fsp3) is 0.500. The summed E-state index contributed by atoms with van der Waals surface area (Å²) in [4.78, 5) is 25.4. The molecule has 1 atom stereocenters. The van der Waals surface area contributed by atoms with Gasteiger partial charge in [0.1, 0.15) is 11.6 Å². The summed E-state index contributed by atoms with van der Waals surface area (Å²) in [6, 6.07) is 3.93. The van der Waals surface area contributed by atoms with Crippen molar-refractivity contribution in [3.8, 4) is 5.75 Å². The molecule has 4 nitrogen and oxygen atoms in total. The molecule has 0 N–H and O–H groups in total. The summed E-state index contributed by atoms with van der Waals surface area (Å²) in [7, 11) is 0. The Kier molecular flexibility index (Phi) is 4.94. The van der Waals surface area contributed by atoms with Gasteiger partial charge in [-0.15, -0.1) is 0 Å². The fourth-order valence-electron chi connectivity index (χ4n) is 2.60. The molecule has 1 saturated heterocycles. The number of likely N-dealkylation sites (tertiary alicyclic amines) is 1. The third-order valence-corrected chi connectivity index (χ3v) is 3.80. The molecule has 5 heteroatoms. The summed E-state index contributed by atoms with van der Waals surface area (Å²) in [5, 5.41) is 0. The number of ketones is 1. The first-order chi connectivity index (χ1) is 9.99. The first-order valence-corrected chi connectivity index (χ1v) is 7.22. The van der Waals surface area contributed by atoms with Crippen LogP contribution in [0.1, 0.15) is 43.5 Å². The van der Waals surface area contributed by atoms with E-state index in [2.05, 4.69) is 0 Å². The topological polar surface area (TPSA) is 46.6 Å². The third-order valence-electron chi connectivity index (χ3n) is 3.80. The standard InChI is InChI=1S/C16H20FNO3/c1-11-5-3-4-8-18(11)16(20)10-21-15-9-13(17)6-7-14(15)12(2)19/h6-7,9,11H,3-5,8,10H2,1-2H3. The lowest BCUT2D eigenvalue weighted by molar-refractivity contribution is -0.136. The van der Waals surface area contributed by atoms with Gasteiger partial charge in [-0.05, 0) is 45.2 Å². The molecule has 0 saturated carbocycles. The first-order valence-electron chi connectivity index (χ1n) is 7.22. The number of hydrogen-bond donors (Lipinski definition) is 0.